The number of hydrogen-bond donors (Lipinski definition) is 1. The van der Waals surface area contributed by atoms with Crippen LogP contribution in [0, 0.1) is 0 Å². The molecule has 0 heterocycles. The zero-order valence-electron chi connectivity index (χ0n) is 14.3. The Balaban J connectivity index is 2.04. The van der Waals surface area contributed by atoms with Gasteiger partial charge in [0.1, 0.15) is 0 Å². The van der Waals surface area contributed by atoms with Crippen LogP contribution in [0.25, 0.3) is 11.1 Å². The lowest BCUT2D eigenvalue weighted by molar-refractivity contribution is 0.587. The Morgan fingerprint density at radius 3 is 1.78 bits per heavy atom. The van der Waals surface area contributed by atoms with E-state index in [0.29, 0.717) is 13.0 Å². The van der Waals surface area contributed by atoms with Crippen molar-refractivity contribution in [2.45, 2.75) is 32.6 Å². The van der Waals surface area contributed by atoms with E-state index < -0.39 is 10.0 Å². The smallest absolute Gasteiger partial charge is 0.208 e. The van der Waals surface area contributed by atoms with Crippen molar-refractivity contribution in [2.24, 2.45) is 0 Å². The van der Waals surface area contributed by atoms with Crippen LogP contribution in [0.1, 0.15) is 31.9 Å². The summed E-state index contributed by atoms with van der Waals surface area (Å²) in [5.74, 6) is 0. The number of benzene rings is 2. The van der Waals surface area contributed by atoms with Gasteiger partial charge in [-0.25, -0.2) is 13.1 Å². The first-order chi connectivity index (χ1) is 10.6. The third kappa shape index (κ3) is 5.48. The van der Waals surface area contributed by atoms with Crippen LogP contribution in [0.4, 0.5) is 0 Å². The first kappa shape index (κ1) is 17.7. The van der Waals surface area contributed by atoms with Crippen molar-refractivity contribution in [3.63, 3.8) is 0 Å². The van der Waals surface area contributed by atoms with Gasteiger partial charge in [0.25, 0.3) is 0 Å². The third-order valence-corrected chi connectivity index (χ3v) is 4.54. The number of hydrogen-bond acceptors (Lipinski definition) is 2. The molecule has 0 aliphatic carbocycles. The van der Waals surface area contributed by atoms with Crippen LogP contribution in [0.2, 0.25) is 0 Å². The molecule has 2 aromatic carbocycles. The molecule has 124 valence electrons. The zero-order chi connectivity index (χ0) is 17.1. The molecule has 0 atom stereocenters. The van der Waals surface area contributed by atoms with E-state index in [-0.39, 0.29) is 5.41 Å². The summed E-state index contributed by atoms with van der Waals surface area (Å²) >= 11 is 0. The maximum atomic E-state index is 11.0. The minimum Gasteiger partial charge on any atom is -0.215 e. The monoisotopic (exact) mass is 331 g/mol. The van der Waals surface area contributed by atoms with E-state index >= 15 is 0 Å². The molecule has 0 fully saturated rings. The Bertz CT molecular complexity index is 739. The predicted octanol–water partition coefficient (Wildman–Crippen LogP) is 3.74. The molecule has 0 aliphatic rings. The van der Waals surface area contributed by atoms with Gasteiger partial charge >= 0.3 is 0 Å². The molecule has 0 unspecified atom stereocenters. The van der Waals surface area contributed by atoms with Gasteiger partial charge in [0.15, 0.2) is 0 Å². The van der Waals surface area contributed by atoms with Gasteiger partial charge in [0.05, 0.1) is 6.26 Å². The van der Waals surface area contributed by atoms with Gasteiger partial charge in [-0.05, 0) is 34.1 Å². The highest BCUT2D eigenvalue weighted by Crippen LogP contribution is 2.26. The Kier molecular flexibility index (Phi) is 5.27. The molecule has 0 saturated heterocycles. The van der Waals surface area contributed by atoms with E-state index in [1.165, 1.54) is 22.9 Å². The highest BCUT2D eigenvalue weighted by Gasteiger charge is 2.13. The van der Waals surface area contributed by atoms with Gasteiger partial charge in [-0.2, -0.15) is 0 Å². The normalized spacial score (nSPS) is 12.3. The van der Waals surface area contributed by atoms with Gasteiger partial charge in [-0.15, -0.1) is 0 Å². The summed E-state index contributed by atoms with van der Waals surface area (Å²) < 4.78 is 24.6. The SMILES string of the molecule is CC(C)(C)c1ccc(-c2ccc(CCNS(C)(=O)=O)cc2)cc1. The summed E-state index contributed by atoms with van der Waals surface area (Å²) in [4.78, 5) is 0. The quantitative estimate of drug-likeness (QED) is 0.907. The largest absolute Gasteiger partial charge is 0.215 e. The summed E-state index contributed by atoms with van der Waals surface area (Å²) in [6.07, 6.45) is 1.87. The van der Waals surface area contributed by atoms with Gasteiger partial charge in [-0.1, -0.05) is 69.3 Å². The molecular formula is C19H25NO2S. The minimum absolute atomic E-state index is 0.162. The number of nitrogens with one attached hydrogen (secondary N) is 1. The molecule has 1 N–H and O–H groups in total. The van der Waals surface area contributed by atoms with Crippen LogP contribution < -0.4 is 4.72 Å². The van der Waals surface area contributed by atoms with Crippen LogP contribution in [0.3, 0.4) is 0 Å². The zero-order valence-corrected chi connectivity index (χ0v) is 15.1. The number of sulfonamides is 1. The van der Waals surface area contributed by atoms with Crippen LogP contribution in [-0.2, 0) is 21.9 Å². The molecule has 2 aromatic rings. The first-order valence-electron chi connectivity index (χ1n) is 7.80. The van der Waals surface area contributed by atoms with E-state index in [0.717, 1.165) is 5.56 Å². The van der Waals surface area contributed by atoms with Crippen molar-refractivity contribution in [2.75, 3.05) is 12.8 Å². The third-order valence-electron chi connectivity index (χ3n) is 3.82. The van der Waals surface area contributed by atoms with Crippen LogP contribution >= 0.6 is 0 Å². The minimum atomic E-state index is -3.11. The summed E-state index contributed by atoms with van der Waals surface area (Å²) in [6.45, 7) is 7.06. The lowest BCUT2D eigenvalue weighted by atomic mass is 9.86. The highest BCUT2D eigenvalue weighted by molar-refractivity contribution is 7.88. The van der Waals surface area contributed by atoms with Gasteiger partial charge in [0.2, 0.25) is 10.0 Å². The summed E-state index contributed by atoms with van der Waals surface area (Å²) in [7, 11) is -3.11. The second-order valence-electron chi connectivity index (χ2n) is 6.94. The molecular weight excluding hydrogens is 306 g/mol. The van der Waals surface area contributed by atoms with Crippen molar-refractivity contribution in [3.8, 4) is 11.1 Å². The Morgan fingerprint density at radius 2 is 1.35 bits per heavy atom. The lowest BCUT2D eigenvalue weighted by Gasteiger charge is -2.19. The Morgan fingerprint density at radius 1 is 0.870 bits per heavy atom. The van der Waals surface area contributed by atoms with Crippen LogP contribution in [0.15, 0.2) is 48.5 Å². The van der Waals surface area contributed by atoms with Gasteiger partial charge < -0.3 is 0 Å². The molecule has 3 nitrogen and oxygen atoms in total. The van der Waals surface area contributed by atoms with E-state index in [4.69, 9.17) is 0 Å². The van der Waals surface area contributed by atoms with E-state index in [1.54, 1.807) is 0 Å². The summed E-state index contributed by atoms with van der Waals surface area (Å²) in [6, 6.07) is 16.9. The van der Waals surface area contributed by atoms with Crippen molar-refractivity contribution >= 4 is 10.0 Å². The van der Waals surface area contributed by atoms with Crippen LogP contribution in [0.5, 0.6) is 0 Å². The predicted molar refractivity (Wildman–Crippen MR) is 97.1 cm³/mol. The fourth-order valence-corrected chi connectivity index (χ4v) is 2.88. The van der Waals surface area contributed by atoms with Crippen LogP contribution in [-0.4, -0.2) is 21.2 Å². The average molecular weight is 331 g/mol. The Labute approximate surface area is 139 Å². The van der Waals surface area contributed by atoms with Gasteiger partial charge in [-0.3, -0.25) is 0 Å². The molecule has 0 aliphatic heterocycles. The fourth-order valence-electron chi connectivity index (χ4n) is 2.41. The number of rotatable bonds is 5. The maximum Gasteiger partial charge on any atom is 0.208 e. The summed E-state index contributed by atoms with van der Waals surface area (Å²) in [5.41, 5.74) is 4.97. The second-order valence-corrected chi connectivity index (χ2v) is 8.77. The molecule has 2 rings (SSSR count). The summed E-state index contributed by atoms with van der Waals surface area (Å²) in [5, 5.41) is 0. The van der Waals surface area contributed by atoms with Crippen molar-refractivity contribution < 1.29 is 8.42 Å². The van der Waals surface area contributed by atoms with E-state index in [1.807, 2.05) is 0 Å². The highest BCUT2D eigenvalue weighted by atomic mass is 32.2. The maximum absolute atomic E-state index is 11.0. The van der Waals surface area contributed by atoms with E-state index in [9.17, 15) is 8.42 Å². The topological polar surface area (TPSA) is 46.2 Å². The molecule has 0 radical (unpaired) electrons. The van der Waals surface area contributed by atoms with E-state index in [2.05, 4.69) is 74.0 Å². The Hall–Kier alpha value is -1.65. The van der Waals surface area contributed by atoms with Gasteiger partial charge in [0, 0.05) is 6.54 Å². The molecule has 0 saturated carbocycles. The standard InChI is InChI=1S/C19H25NO2S/c1-19(2,3)18-11-9-17(10-12-18)16-7-5-15(6-8-16)13-14-20-23(4,21)22/h5-12,20H,13-14H2,1-4H3. The van der Waals surface area contributed by atoms with Crippen molar-refractivity contribution in [1.82, 2.24) is 4.72 Å². The first-order valence-corrected chi connectivity index (χ1v) is 9.69. The fraction of sp³-hybridized carbons (Fsp3) is 0.368. The molecule has 0 bridgehead atoms. The molecule has 0 spiro atoms. The molecule has 23 heavy (non-hydrogen) atoms. The molecule has 0 aromatic heterocycles. The van der Waals surface area contributed by atoms with Crippen molar-refractivity contribution in [1.29, 1.82) is 0 Å². The molecule has 0 amide bonds. The van der Waals surface area contributed by atoms with Crippen molar-refractivity contribution in [3.05, 3.63) is 59.7 Å². The molecule has 4 heteroatoms. The second kappa shape index (κ2) is 6.85. The lowest BCUT2D eigenvalue weighted by Crippen LogP contribution is -2.24. The average Bonchev–Trinajstić information content (AvgIpc) is 2.46.